The minimum Gasteiger partial charge on any atom is -0.505 e. The van der Waals surface area contributed by atoms with Crippen LogP contribution in [0.4, 0.5) is 0 Å². The van der Waals surface area contributed by atoms with Crippen molar-refractivity contribution in [3.05, 3.63) is 11.8 Å². The number of hydrogen-bond donors (Lipinski definition) is 1. The van der Waals surface area contributed by atoms with Gasteiger partial charge in [-0.3, -0.25) is 4.79 Å². The van der Waals surface area contributed by atoms with Gasteiger partial charge in [0, 0.05) is 0 Å². The van der Waals surface area contributed by atoms with Crippen molar-refractivity contribution >= 4 is 6.29 Å². The zero-order valence-corrected chi connectivity index (χ0v) is 5.63. The molecule has 0 unspecified atom stereocenters. The third-order valence-electron chi connectivity index (χ3n) is 1.03. The van der Waals surface area contributed by atoms with Crippen molar-refractivity contribution in [3.8, 4) is 0 Å². The number of aliphatic hydroxyl groups excluding tert-OH is 1. The lowest BCUT2D eigenvalue weighted by Crippen LogP contribution is -1.80. The van der Waals surface area contributed by atoms with E-state index in [2.05, 4.69) is 6.92 Å². The number of rotatable bonds is 4. The van der Waals surface area contributed by atoms with Crippen LogP contribution in [0.3, 0.4) is 0 Å². The molecule has 0 fully saturated rings. The topological polar surface area (TPSA) is 37.3 Å². The van der Waals surface area contributed by atoms with Gasteiger partial charge in [0.15, 0.2) is 12.0 Å². The first kappa shape index (κ1) is 8.21. The predicted octanol–water partition coefficient (Wildman–Crippen LogP) is 1.82. The molecule has 0 heterocycles. The van der Waals surface area contributed by atoms with Crippen molar-refractivity contribution in [2.75, 3.05) is 0 Å². The number of carbonyl (C=O) groups excluding carboxylic acids is 1. The molecule has 0 aromatic heterocycles. The minimum absolute atomic E-state index is 0.150. The van der Waals surface area contributed by atoms with Crippen molar-refractivity contribution in [3.63, 3.8) is 0 Å². The van der Waals surface area contributed by atoms with Gasteiger partial charge in [0.1, 0.15) is 0 Å². The Balaban J connectivity index is 3.31. The van der Waals surface area contributed by atoms with Crippen molar-refractivity contribution in [2.45, 2.75) is 26.2 Å². The molecule has 0 rings (SSSR count). The van der Waals surface area contributed by atoms with Crippen LogP contribution in [0.1, 0.15) is 26.2 Å². The second-order valence-electron chi connectivity index (χ2n) is 1.89. The third-order valence-corrected chi connectivity index (χ3v) is 1.03. The van der Waals surface area contributed by atoms with Gasteiger partial charge >= 0.3 is 0 Å². The number of allylic oxidation sites excluding steroid dienone is 2. The van der Waals surface area contributed by atoms with E-state index in [-0.39, 0.29) is 5.76 Å². The number of hydrogen-bond acceptors (Lipinski definition) is 2. The number of aliphatic hydroxyl groups is 1. The zero-order chi connectivity index (χ0) is 7.11. The Kier molecular flexibility index (Phi) is 4.88. The Morgan fingerprint density at radius 2 is 2.33 bits per heavy atom. The second kappa shape index (κ2) is 5.35. The van der Waals surface area contributed by atoms with Crippen molar-refractivity contribution < 1.29 is 9.90 Å². The highest BCUT2D eigenvalue weighted by atomic mass is 16.3. The molecular weight excluding hydrogens is 116 g/mol. The number of unbranched alkanes of at least 4 members (excludes halogenated alkanes) is 2. The Morgan fingerprint density at radius 1 is 1.67 bits per heavy atom. The molecule has 0 atom stereocenters. The van der Waals surface area contributed by atoms with Crippen LogP contribution in [-0.4, -0.2) is 11.4 Å². The molecule has 0 amide bonds. The molecule has 0 aliphatic heterocycles. The summed E-state index contributed by atoms with van der Waals surface area (Å²) in [5.74, 6) is -0.150. The fourth-order valence-electron chi connectivity index (χ4n) is 0.502. The lowest BCUT2D eigenvalue weighted by atomic mass is 10.2. The number of aldehydes is 1. The van der Waals surface area contributed by atoms with E-state index in [1.54, 1.807) is 0 Å². The maximum atomic E-state index is 9.78. The van der Waals surface area contributed by atoms with E-state index in [9.17, 15) is 4.79 Å². The molecule has 0 spiro atoms. The quantitative estimate of drug-likeness (QED) is 0.271. The summed E-state index contributed by atoms with van der Waals surface area (Å²) in [4.78, 5) is 9.78. The van der Waals surface area contributed by atoms with Crippen molar-refractivity contribution in [1.82, 2.24) is 0 Å². The minimum atomic E-state index is -0.150. The Hall–Kier alpha value is -0.790. The molecule has 0 radical (unpaired) electrons. The summed E-state index contributed by atoms with van der Waals surface area (Å²) in [6.45, 7) is 2.06. The van der Waals surface area contributed by atoms with Gasteiger partial charge < -0.3 is 5.11 Å². The lowest BCUT2D eigenvalue weighted by Gasteiger charge is -1.87. The highest BCUT2D eigenvalue weighted by Gasteiger charge is 1.85. The zero-order valence-electron chi connectivity index (χ0n) is 5.63. The van der Waals surface area contributed by atoms with Crippen LogP contribution in [0.5, 0.6) is 0 Å². The van der Waals surface area contributed by atoms with Crippen LogP contribution < -0.4 is 0 Å². The molecule has 0 saturated carbocycles. The Labute approximate surface area is 55.2 Å². The predicted molar refractivity (Wildman–Crippen MR) is 36.3 cm³/mol. The van der Waals surface area contributed by atoms with Gasteiger partial charge in [0.2, 0.25) is 0 Å². The van der Waals surface area contributed by atoms with E-state index in [0.717, 1.165) is 19.3 Å². The fraction of sp³-hybridized carbons (Fsp3) is 0.571. The maximum Gasteiger partial charge on any atom is 0.184 e. The first-order valence-electron chi connectivity index (χ1n) is 3.15. The van der Waals surface area contributed by atoms with E-state index < -0.39 is 0 Å². The Morgan fingerprint density at radius 3 is 2.78 bits per heavy atom. The van der Waals surface area contributed by atoms with Gasteiger partial charge in [-0.2, -0.15) is 0 Å². The number of carbonyl (C=O) groups is 1. The fourth-order valence-corrected chi connectivity index (χ4v) is 0.502. The summed E-state index contributed by atoms with van der Waals surface area (Å²) in [5, 5.41) is 8.58. The lowest BCUT2D eigenvalue weighted by molar-refractivity contribution is -0.107. The highest BCUT2D eigenvalue weighted by Crippen LogP contribution is 1.96. The monoisotopic (exact) mass is 128 g/mol. The molecule has 2 heteroatoms. The van der Waals surface area contributed by atoms with E-state index in [4.69, 9.17) is 5.11 Å². The van der Waals surface area contributed by atoms with Crippen LogP contribution in [-0.2, 0) is 4.79 Å². The van der Waals surface area contributed by atoms with Gasteiger partial charge in [-0.05, 0) is 18.9 Å². The normalized spacial score (nSPS) is 11.4. The molecule has 0 bridgehead atoms. The van der Waals surface area contributed by atoms with E-state index in [0.29, 0.717) is 6.29 Å². The summed E-state index contributed by atoms with van der Waals surface area (Å²) in [7, 11) is 0. The van der Waals surface area contributed by atoms with Gasteiger partial charge in [0.25, 0.3) is 0 Å². The third kappa shape index (κ3) is 5.07. The van der Waals surface area contributed by atoms with Crippen LogP contribution >= 0.6 is 0 Å². The Bertz CT molecular complexity index is 105. The maximum absolute atomic E-state index is 9.78. The van der Waals surface area contributed by atoms with Crippen molar-refractivity contribution in [2.24, 2.45) is 0 Å². The standard InChI is InChI=1S/C7H12O2/c1-2-3-4-5-7(9)6-8/h5-6,9H,2-4H2,1H3. The molecule has 0 aliphatic carbocycles. The molecule has 9 heavy (non-hydrogen) atoms. The van der Waals surface area contributed by atoms with Gasteiger partial charge in [-0.1, -0.05) is 13.3 Å². The molecule has 1 N–H and O–H groups in total. The SMILES string of the molecule is CCCCC=C(O)C=O. The second-order valence-corrected chi connectivity index (χ2v) is 1.89. The van der Waals surface area contributed by atoms with Crippen LogP contribution in [0.15, 0.2) is 11.8 Å². The molecular formula is C7H12O2. The first-order valence-corrected chi connectivity index (χ1v) is 3.15. The van der Waals surface area contributed by atoms with Gasteiger partial charge in [-0.25, -0.2) is 0 Å². The molecule has 0 saturated heterocycles. The van der Waals surface area contributed by atoms with E-state index in [1.807, 2.05) is 0 Å². The van der Waals surface area contributed by atoms with Crippen LogP contribution in [0, 0.1) is 0 Å². The molecule has 2 nitrogen and oxygen atoms in total. The smallest absolute Gasteiger partial charge is 0.184 e. The summed E-state index contributed by atoms with van der Waals surface area (Å²) in [6.07, 6.45) is 4.90. The summed E-state index contributed by atoms with van der Waals surface area (Å²) >= 11 is 0. The molecule has 0 aromatic rings. The summed E-state index contributed by atoms with van der Waals surface area (Å²) in [5.41, 5.74) is 0. The molecule has 0 aromatic carbocycles. The average Bonchev–Trinajstić information content (AvgIpc) is 1.89. The van der Waals surface area contributed by atoms with E-state index >= 15 is 0 Å². The van der Waals surface area contributed by atoms with Crippen LogP contribution in [0.25, 0.3) is 0 Å². The van der Waals surface area contributed by atoms with Gasteiger partial charge in [0.05, 0.1) is 0 Å². The molecule has 52 valence electrons. The van der Waals surface area contributed by atoms with E-state index in [1.165, 1.54) is 6.08 Å². The van der Waals surface area contributed by atoms with Crippen molar-refractivity contribution in [1.29, 1.82) is 0 Å². The molecule has 0 aliphatic rings. The summed E-state index contributed by atoms with van der Waals surface area (Å²) in [6, 6.07) is 0. The van der Waals surface area contributed by atoms with Gasteiger partial charge in [-0.15, -0.1) is 0 Å². The average molecular weight is 128 g/mol. The largest absolute Gasteiger partial charge is 0.505 e. The highest BCUT2D eigenvalue weighted by molar-refractivity contribution is 5.69. The first-order chi connectivity index (χ1) is 4.31. The van der Waals surface area contributed by atoms with Crippen LogP contribution in [0.2, 0.25) is 0 Å². The summed E-state index contributed by atoms with van der Waals surface area (Å²) < 4.78 is 0.